The van der Waals surface area contributed by atoms with Gasteiger partial charge in [0, 0.05) is 5.56 Å². The molecule has 0 saturated carbocycles. The van der Waals surface area contributed by atoms with Gasteiger partial charge in [-0.1, -0.05) is 37.3 Å². The van der Waals surface area contributed by atoms with E-state index in [4.69, 9.17) is 10.5 Å². The first-order chi connectivity index (χ1) is 9.64. The largest absolute Gasteiger partial charge is 0.463 e. The van der Waals surface area contributed by atoms with Crippen molar-refractivity contribution < 1.29 is 4.74 Å². The van der Waals surface area contributed by atoms with E-state index in [2.05, 4.69) is 21.9 Å². The summed E-state index contributed by atoms with van der Waals surface area (Å²) >= 11 is 0. The number of rotatable bonds is 2. The lowest BCUT2D eigenvalue weighted by molar-refractivity contribution is 0.146. The van der Waals surface area contributed by atoms with E-state index in [0.717, 1.165) is 17.7 Å². The average molecular weight is 268 g/mol. The number of aromatic nitrogens is 2. The van der Waals surface area contributed by atoms with Crippen molar-refractivity contribution in [2.75, 3.05) is 5.73 Å². The molecule has 2 N–H and O–H groups in total. The number of hydrogen-bond acceptors (Lipinski definition) is 5. The highest BCUT2D eigenvalue weighted by atomic mass is 16.5. The molecule has 2 heterocycles. The maximum absolute atomic E-state index is 6.05. The molecule has 0 fully saturated rings. The maximum atomic E-state index is 6.05. The monoisotopic (exact) mass is 268 g/mol. The summed E-state index contributed by atoms with van der Waals surface area (Å²) in [6.07, 6.45) is 2.18. The van der Waals surface area contributed by atoms with Crippen LogP contribution in [-0.4, -0.2) is 21.3 Å². The Balaban J connectivity index is 2.21. The van der Waals surface area contributed by atoms with Gasteiger partial charge in [-0.05, 0) is 13.3 Å². The second-order valence-corrected chi connectivity index (χ2v) is 4.93. The molecule has 0 bridgehead atoms. The lowest BCUT2D eigenvalue weighted by atomic mass is 9.90. The molecule has 5 heteroatoms. The van der Waals surface area contributed by atoms with Crippen molar-refractivity contribution >= 4 is 17.2 Å². The number of nitrogen functional groups attached to an aromatic ring is 1. The van der Waals surface area contributed by atoms with E-state index >= 15 is 0 Å². The highest BCUT2D eigenvalue weighted by Gasteiger charge is 2.37. The topological polar surface area (TPSA) is 73.4 Å². The van der Waals surface area contributed by atoms with Gasteiger partial charge in [-0.3, -0.25) is 0 Å². The Hall–Kier alpha value is -2.43. The molecule has 1 aromatic heterocycles. The van der Waals surface area contributed by atoms with E-state index in [1.54, 1.807) is 0 Å². The van der Waals surface area contributed by atoms with E-state index < -0.39 is 5.60 Å². The first-order valence-electron chi connectivity index (χ1n) is 6.58. The van der Waals surface area contributed by atoms with Crippen molar-refractivity contribution in [3.05, 3.63) is 42.2 Å². The predicted octanol–water partition coefficient (Wildman–Crippen LogP) is 2.74. The van der Waals surface area contributed by atoms with Crippen LogP contribution >= 0.6 is 0 Å². The molecule has 5 nitrogen and oxygen atoms in total. The fourth-order valence-corrected chi connectivity index (χ4v) is 2.25. The lowest BCUT2D eigenvalue weighted by Crippen LogP contribution is -2.43. The smallest absolute Gasteiger partial charge is 0.246 e. The Morgan fingerprint density at radius 1 is 1.20 bits per heavy atom. The van der Waals surface area contributed by atoms with Crippen molar-refractivity contribution in [2.45, 2.75) is 25.9 Å². The fraction of sp³-hybridized carbons (Fsp3) is 0.267. The van der Waals surface area contributed by atoms with Crippen LogP contribution in [-0.2, 0) is 0 Å². The summed E-state index contributed by atoms with van der Waals surface area (Å²) in [4.78, 5) is 12.8. The van der Waals surface area contributed by atoms with Crippen molar-refractivity contribution in [1.82, 2.24) is 9.97 Å². The summed E-state index contributed by atoms with van der Waals surface area (Å²) in [5, 5.41) is 0. The van der Waals surface area contributed by atoms with Gasteiger partial charge in [0.05, 0.1) is 5.71 Å². The lowest BCUT2D eigenvalue weighted by Gasteiger charge is -2.34. The van der Waals surface area contributed by atoms with E-state index in [-0.39, 0.29) is 0 Å². The van der Waals surface area contributed by atoms with Crippen LogP contribution in [0.25, 0.3) is 0 Å². The van der Waals surface area contributed by atoms with E-state index in [0.29, 0.717) is 17.4 Å². The van der Waals surface area contributed by atoms with E-state index in [1.807, 2.05) is 37.3 Å². The van der Waals surface area contributed by atoms with Crippen LogP contribution in [0.4, 0.5) is 11.5 Å². The highest BCUT2D eigenvalue weighted by Crippen LogP contribution is 2.39. The number of ether oxygens (including phenoxy) is 1. The first kappa shape index (κ1) is 12.6. The van der Waals surface area contributed by atoms with Gasteiger partial charge in [0.15, 0.2) is 17.1 Å². The van der Waals surface area contributed by atoms with Gasteiger partial charge in [-0.2, -0.15) is 4.98 Å². The molecule has 20 heavy (non-hydrogen) atoms. The molecule has 0 radical (unpaired) electrons. The molecule has 1 aromatic carbocycles. The predicted molar refractivity (Wildman–Crippen MR) is 78.4 cm³/mol. The molecule has 102 valence electrons. The second kappa shape index (κ2) is 4.59. The summed E-state index contributed by atoms with van der Waals surface area (Å²) in [7, 11) is 0. The SMILES string of the molecule is CCC1(C)Oc2ncnc(N)c2N=C1c1ccccc1. The average Bonchev–Trinajstić information content (AvgIpc) is 2.48. The first-order valence-corrected chi connectivity index (χ1v) is 6.58. The summed E-state index contributed by atoms with van der Waals surface area (Å²) in [6, 6.07) is 9.97. The molecule has 1 aliphatic rings. The number of aliphatic imine (C=N–C) groups is 1. The summed E-state index contributed by atoms with van der Waals surface area (Å²) in [5.74, 6) is 0.781. The Morgan fingerprint density at radius 3 is 2.65 bits per heavy atom. The van der Waals surface area contributed by atoms with Gasteiger partial charge in [-0.25, -0.2) is 9.98 Å². The molecule has 2 aromatic rings. The molecule has 0 spiro atoms. The zero-order chi connectivity index (χ0) is 14.2. The molecule has 0 amide bonds. The minimum atomic E-state index is -0.519. The maximum Gasteiger partial charge on any atom is 0.246 e. The fourth-order valence-electron chi connectivity index (χ4n) is 2.25. The molecular formula is C15H16N4O. The van der Waals surface area contributed by atoms with Crippen LogP contribution in [0.5, 0.6) is 5.88 Å². The number of fused-ring (bicyclic) bond motifs is 1. The van der Waals surface area contributed by atoms with Crippen LogP contribution in [0, 0.1) is 0 Å². The minimum Gasteiger partial charge on any atom is -0.463 e. The van der Waals surface area contributed by atoms with Crippen molar-refractivity contribution in [3.8, 4) is 5.88 Å². The zero-order valence-electron chi connectivity index (χ0n) is 11.5. The second-order valence-electron chi connectivity index (χ2n) is 4.93. The van der Waals surface area contributed by atoms with Gasteiger partial charge in [0.25, 0.3) is 0 Å². The van der Waals surface area contributed by atoms with Crippen molar-refractivity contribution in [3.63, 3.8) is 0 Å². The Kier molecular flexibility index (Phi) is 2.89. The van der Waals surface area contributed by atoms with Crippen molar-refractivity contribution in [2.24, 2.45) is 4.99 Å². The normalized spacial score (nSPS) is 20.8. The Labute approximate surface area is 117 Å². The Bertz CT molecular complexity index is 669. The number of nitrogens with zero attached hydrogens (tertiary/aromatic N) is 3. The van der Waals surface area contributed by atoms with Crippen LogP contribution in [0.2, 0.25) is 0 Å². The van der Waals surface area contributed by atoms with Gasteiger partial charge >= 0.3 is 0 Å². The number of hydrogen-bond donors (Lipinski definition) is 1. The van der Waals surface area contributed by atoms with Crippen LogP contribution < -0.4 is 10.5 Å². The van der Waals surface area contributed by atoms with Crippen LogP contribution in [0.15, 0.2) is 41.7 Å². The van der Waals surface area contributed by atoms with Gasteiger partial charge in [0.2, 0.25) is 5.88 Å². The third-order valence-electron chi connectivity index (χ3n) is 3.59. The quantitative estimate of drug-likeness (QED) is 0.908. The third kappa shape index (κ3) is 1.91. The summed E-state index contributed by atoms with van der Waals surface area (Å²) in [5.41, 5.74) is 7.74. The summed E-state index contributed by atoms with van der Waals surface area (Å²) in [6.45, 7) is 4.08. The number of benzene rings is 1. The standard InChI is InChI=1S/C15H16N4O/c1-3-15(2)12(10-7-5-4-6-8-10)19-11-13(16)17-9-18-14(11)20-15/h4-9H,3H2,1-2H3,(H2,16,17,18). The van der Waals surface area contributed by atoms with Crippen LogP contribution in [0.3, 0.4) is 0 Å². The highest BCUT2D eigenvalue weighted by molar-refractivity contribution is 6.09. The number of anilines is 1. The third-order valence-corrected chi connectivity index (χ3v) is 3.59. The van der Waals surface area contributed by atoms with Crippen molar-refractivity contribution in [1.29, 1.82) is 0 Å². The molecule has 1 atom stereocenters. The molecule has 0 aliphatic carbocycles. The molecular weight excluding hydrogens is 252 g/mol. The summed E-state index contributed by atoms with van der Waals surface area (Å²) < 4.78 is 6.05. The Morgan fingerprint density at radius 2 is 1.95 bits per heavy atom. The molecule has 3 rings (SSSR count). The van der Waals surface area contributed by atoms with Gasteiger partial charge in [-0.15, -0.1) is 0 Å². The van der Waals surface area contributed by atoms with Crippen LogP contribution in [0.1, 0.15) is 25.8 Å². The van der Waals surface area contributed by atoms with Gasteiger partial charge < -0.3 is 10.5 Å². The minimum absolute atomic E-state index is 0.335. The molecule has 1 unspecified atom stereocenters. The number of nitrogens with two attached hydrogens (primary N) is 1. The zero-order valence-corrected chi connectivity index (χ0v) is 11.5. The van der Waals surface area contributed by atoms with E-state index in [9.17, 15) is 0 Å². The van der Waals surface area contributed by atoms with Gasteiger partial charge in [0.1, 0.15) is 6.33 Å². The molecule has 0 saturated heterocycles. The molecule has 1 aliphatic heterocycles. The van der Waals surface area contributed by atoms with E-state index in [1.165, 1.54) is 6.33 Å².